The molecule has 0 aliphatic carbocycles. The molecule has 0 bridgehead atoms. The Morgan fingerprint density at radius 2 is 0.704 bits per heavy atom. The van der Waals surface area contributed by atoms with Gasteiger partial charge in [-0.1, -0.05) is 158 Å². The summed E-state index contributed by atoms with van der Waals surface area (Å²) >= 11 is 0. The van der Waals surface area contributed by atoms with E-state index in [1.54, 1.807) is 0 Å². The highest BCUT2D eigenvalue weighted by molar-refractivity contribution is 6.21. The maximum atomic E-state index is 2.40. The molecule has 0 saturated heterocycles. The predicted molar refractivity (Wildman–Crippen MR) is 229 cm³/mol. The number of nitrogens with zero attached hydrogens (tertiary/aromatic N) is 2. The third kappa shape index (κ3) is 5.62. The van der Waals surface area contributed by atoms with Gasteiger partial charge in [0.05, 0.1) is 11.0 Å². The molecule has 0 aliphatic rings. The molecule has 2 heteroatoms. The van der Waals surface area contributed by atoms with Crippen molar-refractivity contribution in [3.63, 3.8) is 0 Å². The standard InChI is InChI=1S/C52H36N2/c1-3-11-37(12-4-1)40-23-30-45(31-24-40)53(44-14-5-2-6-15-44)46-32-25-41(26-33-46)38-19-21-39(22-20-38)42-27-34-47(35-28-42)54-50-18-10-9-17-49(50)52-48-16-8-7-13-43(48)29-36-51(52)54/h1-36H. The van der Waals surface area contributed by atoms with Gasteiger partial charge in [0, 0.05) is 33.5 Å². The molecular weight excluding hydrogens is 653 g/mol. The number of para-hydroxylation sites is 2. The van der Waals surface area contributed by atoms with Gasteiger partial charge < -0.3 is 9.47 Å². The number of benzene rings is 9. The van der Waals surface area contributed by atoms with Gasteiger partial charge in [-0.05, 0) is 105 Å². The zero-order valence-electron chi connectivity index (χ0n) is 29.7. The number of hydrogen-bond acceptors (Lipinski definition) is 1. The summed E-state index contributed by atoms with van der Waals surface area (Å²) in [5, 5.41) is 5.14. The Morgan fingerprint density at radius 1 is 0.278 bits per heavy atom. The molecule has 2 nitrogen and oxygen atoms in total. The van der Waals surface area contributed by atoms with E-state index in [0.717, 1.165) is 22.7 Å². The van der Waals surface area contributed by atoms with Crippen molar-refractivity contribution in [3.05, 3.63) is 218 Å². The molecule has 9 aromatic carbocycles. The molecule has 0 aliphatic heterocycles. The lowest BCUT2D eigenvalue weighted by Crippen LogP contribution is -2.09. The summed E-state index contributed by atoms with van der Waals surface area (Å²) in [5.41, 5.74) is 14.2. The molecule has 254 valence electrons. The van der Waals surface area contributed by atoms with Crippen LogP contribution in [-0.4, -0.2) is 4.57 Å². The second-order valence-electron chi connectivity index (χ2n) is 13.8. The minimum absolute atomic E-state index is 1.12. The number of rotatable bonds is 7. The van der Waals surface area contributed by atoms with Crippen molar-refractivity contribution in [1.82, 2.24) is 4.57 Å². The lowest BCUT2D eigenvalue weighted by molar-refractivity contribution is 1.18. The van der Waals surface area contributed by atoms with Crippen molar-refractivity contribution in [3.8, 4) is 39.1 Å². The van der Waals surface area contributed by atoms with Gasteiger partial charge in [-0.3, -0.25) is 0 Å². The summed E-state index contributed by atoms with van der Waals surface area (Å²) in [7, 11) is 0. The molecule has 0 saturated carbocycles. The molecule has 10 aromatic rings. The first-order valence-electron chi connectivity index (χ1n) is 18.5. The highest BCUT2D eigenvalue weighted by Gasteiger charge is 2.15. The monoisotopic (exact) mass is 688 g/mol. The van der Waals surface area contributed by atoms with E-state index in [2.05, 4.69) is 228 Å². The fraction of sp³-hybridized carbons (Fsp3) is 0. The van der Waals surface area contributed by atoms with E-state index in [-0.39, 0.29) is 0 Å². The van der Waals surface area contributed by atoms with E-state index >= 15 is 0 Å². The molecule has 0 amide bonds. The Labute approximate surface area is 315 Å². The number of aromatic nitrogens is 1. The largest absolute Gasteiger partial charge is 0.311 e. The summed E-state index contributed by atoms with van der Waals surface area (Å²) in [6, 6.07) is 78.6. The summed E-state index contributed by atoms with van der Waals surface area (Å²) < 4.78 is 2.40. The van der Waals surface area contributed by atoms with Gasteiger partial charge in [-0.25, -0.2) is 0 Å². The highest BCUT2D eigenvalue weighted by atomic mass is 15.1. The topological polar surface area (TPSA) is 8.17 Å². The molecule has 0 atom stereocenters. The summed E-state index contributed by atoms with van der Waals surface area (Å²) in [5.74, 6) is 0. The van der Waals surface area contributed by atoms with Crippen LogP contribution in [0.2, 0.25) is 0 Å². The van der Waals surface area contributed by atoms with Gasteiger partial charge in [-0.2, -0.15) is 0 Å². The molecular formula is C52H36N2. The SMILES string of the molecule is c1ccc(-c2ccc(N(c3ccccc3)c3ccc(-c4ccc(-c5ccc(-n6c7ccccc7c7c8ccccc8ccc76)cc5)cc4)cc3)cc2)cc1. The van der Waals surface area contributed by atoms with Crippen molar-refractivity contribution in [2.45, 2.75) is 0 Å². The zero-order chi connectivity index (χ0) is 35.8. The van der Waals surface area contributed by atoms with Crippen LogP contribution in [0.3, 0.4) is 0 Å². The van der Waals surface area contributed by atoms with Gasteiger partial charge in [0.1, 0.15) is 0 Å². The third-order valence-corrected chi connectivity index (χ3v) is 10.6. The van der Waals surface area contributed by atoms with Crippen molar-refractivity contribution in [2.24, 2.45) is 0 Å². The van der Waals surface area contributed by atoms with Crippen molar-refractivity contribution in [2.75, 3.05) is 4.90 Å². The number of anilines is 3. The molecule has 54 heavy (non-hydrogen) atoms. The Kier molecular flexibility index (Phi) is 7.85. The lowest BCUT2D eigenvalue weighted by atomic mass is 9.99. The third-order valence-electron chi connectivity index (χ3n) is 10.6. The minimum atomic E-state index is 1.12. The average Bonchev–Trinajstić information content (AvgIpc) is 3.60. The van der Waals surface area contributed by atoms with E-state index in [4.69, 9.17) is 0 Å². The van der Waals surface area contributed by atoms with Crippen LogP contribution < -0.4 is 4.90 Å². The van der Waals surface area contributed by atoms with Crippen LogP contribution in [0.5, 0.6) is 0 Å². The molecule has 1 heterocycles. The smallest absolute Gasteiger partial charge is 0.0547 e. The molecule has 0 unspecified atom stereocenters. The van der Waals surface area contributed by atoms with Crippen molar-refractivity contribution >= 4 is 49.6 Å². The van der Waals surface area contributed by atoms with E-state index in [1.165, 1.54) is 66.0 Å². The molecule has 0 N–H and O–H groups in total. The van der Waals surface area contributed by atoms with Crippen molar-refractivity contribution in [1.29, 1.82) is 0 Å². The molecule has 0 radical (unpaired) electrons. The molecule has 10 rings (SSSR count). The highest BCUT2D eigenvalue weighted by Crippen LogP contribution is 2.39. The van der Waals surface area contributed by atoms with Crippen LogP contribution in [0.25, 0.3) is 71.6 Å². The van der Waals surface area contributed by atoms with Crippen LogP contribution in [0, 0.1) is 0 Å². The summed E-state index contributed by atoms with van der Waals surface area (Å²) in [6.45, 7) is 0. The fourth-order valence-corrected chi connectivity index (χ4v) is 7.94. The van der Waals surface area contributed by atoms with Crippen LogP contribution in [-0.2, 0) is 0 Å². The normalized spacial score (nSPS) is 11.3. The Balaban J connectivity index is 0.924. The number of hydrogen-bond donors (Lipinski definition) is 0. The Hall–Kier alpha value is -7.16. The average molecular weight is 689 g/mol. The van der Waals surface area contributed by atoms with Gasteiger partial charge in [0.25, 0.3) is 0 Å². The maximum absolute atomic E-state index is 2.40. The van der Waals surface area contributed by atoms with E-state index in [9.17, 15) is 0 Å². The first-order chi connectivity index (χ1) is 26.8. The lowest BCUT2D eigenvalue weighted by Gasteiger charge is -2.26. The maximum Gasteiger partial charge on any atom is 0.0547 e. The fourth-order valence-electron chi connectivity index (χ4n) is 7.94. The van der Waals surface area contributed by atoms with Crippen LogP contribution in [0.1, 0.15) is 0 Å². The van der Waals surface area contributed by atoms with Gasteiger partial charge in [0.15, 0.2) is 0 Å². The summed E-state index contributed by atoms with van der Waals surface area (Å²) in [6.07, 6.45) is 0. The molecule has 1 aromatic heterocycles. The van der Waals surface area contributed by atoms with Gasteiger partial charge in [-0.15, -0.1) is 0 Å². The number of fused-ring (bicyclic) bond motifs is 5. The Bertz CT molecular complexity index is 2870. The zero-order valence-corrected chi connectivity index (χ0v) is 29.7. The predicted octanol–water partition coefficient (Wildman–Crippen LogP) is 14.4. The van der Waals surface area contributed by atoms with Crippen LogP contribution in [0.4, 0.5) is 17.1 Å². The Morgan fingerprint density at radius 3 is 1.30 bits per heavy atom. The van der Waals surface area contributed by atoms with E-state index < -0.39 is 0 Å². The summed E-state index contributed by atoms with van der Waals surface area (Å²) in [4.78, 5) is 2.31. The van der Waals surface area contributed by atoms with Crippen molar-refractivity contribution < 1.29 is 0 Å². The first kappa shape index (κ1) is 31.6. The van der Waals surface area contributed by atoms with Gasteiger partial charge >= 0.3 is 0 Å². The molecule has 0 spiro atoms. The van der Waals surface area contributed by atoms with E-state index in [1.807, 2.05) is 0 Å². The minimum Gasteiger partial charge on any atom is -0.311 e. The van der Waals surface area contributed by atoms with Crippen LogP contribution >= 0.6 is 0 Å². The van der Waals surface area contributed by atoms with Gasteiger partial charge in [0.2, 0.25) is 0 Å². The first-order valence-corrected chi connectivity index (χ1v) is 18.5. The van der Waals surface area contributed by atoms with Crippen LogP contribution in [0.15, 0.2) is 218 Å². The van der Waals surface area contributed by atoms with E-state index in [0.29, 0.717) is 0 Å². The second-order valence-corrected chi connectivity index (χ2v) is 13.8. The second kappa shape index (κ2) is 13.4. The molecule has 0 fully saturated rings. The quantitative estimate of drug-likeness (QED) is 0.162.